The van der Waals surface area contributed by atoms with Crippen molar-refractivity contribution in [3.63, 3.8) is 0 Å². The second kappa shape index (κ2) is 7.29. The largest absolute Gasteiger partial charge is 0.489 e. The Labute approximate surface area is 126 Å². The number of hydrogen-bond acceptors (Lipinski definition) is 5. The Bertz CT molecular complexity index is 451. The van der Waals surface area contributed by atoms with E-state index in [2.05, 4.69) is 9.88 Å². The van der Waals surface area contributed by atoms with Crippen LogP contribution in [0.1, 0.15) is 33.6 Å². The summed E-state index contributed by atoms with van der Waals surface area (Å²) in [6.45, 7) is 7.96. The van der Waals surface area contributed by atoms with Gasteiger partial charge in [0.15, 0.2) is 0 Å². The Morgan fingerprint density at radius 1 is 1.38 bits per heavy atom. The summed E-state index contributed by atoms with van der Waals surface area (Å²) >= 11 is 0. The van der Waals surface area contributed by atoms with Crippen LogP contribution in [0, 0.1) is 5.92 Å². The van der Waals surface area contributed by atoms with Gasteiger partial charge in [0.1, 0.15) is 11.6 Å². The van der Waals surface area contributed by atoms with E-state index in [-0.39, 0.29) is 18.0 Å². The van der Waals surface area contributed by atoms with Crippen LogP contribution in [0.25, 0.3) is 0 Å². The summed E-state index contributed by atoms with van der Waals surface area (Å²) in [7, 11) is 0. The number of carbonyl (C=O) groups is 1. The molecule has 1 saturated heterocycles. The summed E-state index contributed by atoms with van der Waals surface area (Å²) in [4.78, 5) is 18.4. The molecule has 2 heterocycles. The quantitative estimate of drug-likeness (QED) is 0.781. The molecular formula is C16H24N2O3. The molecule has 0 spiro atoms. The Hall–Kier alpha value is -1.78. The third-order valence-electron chi connectivity index (χ3n) is 3.53. The third kappa shape index (κ3) is 4.34. The molecule has 5 heteroatoms. The van der Waals surface area contributed by atoms with Gasteiger partial charge < -0.3 is 14.4 Å². The fraction of sp³-hybridized carbons (Fsp3) is 0.625. The molecule has 1 aromatic heterocycles. The zero-order chi connectivity index (χ0) is 15.2. The average Bonchev–Trinajstić information content (AvgIpc) is 2.48. The first kappa shape index (κ1) is 15.6. The van der Waals surface area contributed by atoms with Crippen LogP contribution in [0.5, 0.6) is 5.75 Å². The highest BCUT2D eigenvalue weighted by atomic mass is 16.5. The second-order valence-electron chi connectivity index (χ2n) is 5.53. The minimum absolute atomic E-state index is 0.0322. The second-order valence-corrected chi connectivity index (χ2v) is 5.53. The number of piperidine rings is 1. The summed E-state index contributed by atoms with van der Waals surface area (Å²) in [5.41, 5.74) is 0. The van der Waals surface area contributed by atoms with Gasteiger partial charge in [-0.1, -0.05) is 0 Å². The Morgan fingerprint density at radius 2 is 2.10 bits per heavy atom. The van der Waals surface area contributed by atoms with Gasteiger partial charge in [-0.2, -0.15) is 0 Å². The fourth-order valence-corrected chi connectivity index (χ4v) is 2.51. The van der Waals surface area contributed by atoms with E-state index in [9.17, 15) is 4.79 Å². The predicted molar refractivity (Wildman–Crippen MR) is 81.6 cm³/mol. The number of ether oxygens (including phenoxy) is 2. The van der Waals surface area contributed by atoms with Gasteiger partial charge in [-0.25, -0.2) is 4.98 Å². The number of rotatable bonds is 5. The van der Waals surface area contributed by atoms with Crippen molar-refractivity contribution in [2.75, 3.05) is 24.6 Å². The van der Waals surface area contributed by atoms with Crippen molar-refractivity contribution in [2.24, 2.45) is 5.92 Å². The van der Waals surface area contributed by atoms with E-state index in [0.717, 1.165) is 37.5 Å². The first-order valence-electron chi connectivity index (χ1n) is 7.64. The van der Waals surface area contributed by atoms with E-state index in [1.165, 1.54) is 0 Å². The maximum absolute atomic E-state index is 11.7. The van der Waals surface area contributed by atoms with Crippen LogP contribution >= 0.6 is 0 Å². The summed E-state index contributed by atoms with van der Waals surface area (Å²) in [5, 5.41) is 0. The van der Waals surface area contributed by atoms with E-state index in [0.29, 0.717) is 6.61 Å². The molecule has 0 radical (unpaired) electrons. The molecule has 116 valence electrons. The smallest absolute Gasteiger partial charge is 0.309 e. The lowest BCUT2D eigenvalue weighted by molar-refractivity contribution is -0.148. The summed E-state index contributed by atoms with van der Waals surface area (Å²) in [6.07, 6.45) is 3.56. The highest BCUT2D eigenvalue weighted by Crippen LogP contribution is 2.24. The monoisotopic (exact) mass is 292 g/mol. The van der Waals surface area contributed by atoms with Crippen LogP contribution in [0.3, 0.4) is 0 Å². The highest BCUT2D eigenvalue weighted by Gasteiger charge is 2.26. The normalized spacial score (nSPS) is 16.1. The number of anilines is 1. The molecule has 21 heavy (non-hydrogen) atoms. The zero-order valence-corrected chi connectivity index (χ0v) is 13.0. The molecule has 1 aliphatic rings. The van der Waals surface area contributed by atoms with E-state index >= 15 is 0 Å². The zero-order valence-electron chi connectivity index (χ0n) is 13.0. The lowest BCUT2D eigenvalue weighted by Crippen LogP contribution is -2.37. The van der Waals surface area contributed by atoms with Gasteiger partial charge in [0.25, 0.3) is 0 Å². The summed E-state index contributed by atoms with van der Waals surface area (Å²) < 4.78 is 10.7. The first-order valence-corrected chi connectivity index (χ1v) is 7.64. The minimum Gasteiger partial charge on any atom is -0.489 e. The topological polar surface area (TPSA) is 51.7 Å². The van der Waals surface area contributed by atoms with Crippen molar-refractivity contribution in [1.82, 2.24) is 4.98 Å². The molecule has 0 saturated carbocycles. The molecule has 1 aromatic rings. The van der Waals surface area contributed by atoms with Crippen LogP contribution in [-0.2, 0) is 9.53 Å². The molecule has 5 nitrogen and oxygen atoms in total. The van der Waals surface area contributed by atoms with Gasteiger partial charge in [0.2, 0.25) is 0 Å². The highest BCUT2D eigenvalue weighted by molar-refractivity contribution is 5.72. The molecule has 0 amide bonds. The molecule has 1 aliphatic heterocycles. The Morgan fingerprint density at radius 3 is 2.62 bits per heavy atom. The lowest BCUT2D eigenvalue weighted by Gasteiger charge is -2.31. The van der Waals surface area contributed by atoms with Crippen molar-refractivity contribution >= 4 is 11.8 Å². The Kier molecular flexibility index (Phi) is 5.42. The first-order chi connectivity index (χ1) is 10.1. The molecule has 2 rings (SSSR count). The molecular weight excluding hydrogens is 268 g/mol. The van der Waals surface area contributed by atoms with Crippen molar-refractivity contribution in [2.45, 2.75) is 39.7 Å². The number of pyridine rings is 1. The van der Waals surface area contributed by atoms with Gasteiger partial charge in [0, 0.05) is 13.1 Å². The number of aromatic nitrogens is 1. The maximum Gasteiger partial charge on any atom is 0.309 e. The number of hydrogen-bond donors (Lipinski definition) is 0. The molecule has 0 aromatic carbocycles. The third-order valence-corrected chi connectivity index (χ3v) is 3.53. The number of carbonyl (C=O) groups excluding carboxylic acids is 1. The molecule has 0 bridgehead atoms. The van der Waals surface area contributed by atoms with Crippen LogP contribution in [0.2, 0.25) is 0 Å². The van der Waals surface area contributed by atoms with Gasteiger partial charge in [-0.15, -0.1) is 0 Å². The molecule has 1 fully saturated rings. The van der Waals surface area contributed by atoms with Crippen molar-refractivity contribution in [3.8, 4) is 5.75 Å². The molecule has 0 aliphatic carbocycles. The minimum atomic E-state index is -0.0641. The lowest BCUT2D eigenvalue weighted by atomic mass is 9.97. The average molecular weight is 292 g/mol. The van der Waals surface area contributed by atoms with Crippen LogP contribution in [-0.4, -0.2) is 36.8 Å². The van der Waals surface area contributed by atoms with Gasteiger partial charge in [-0.05, 0) is 45.7 Å². The predicted octanol–water partition coefficient (Wildman–Crippen LogP) is 2.65. The van der Waals surface area contributed by atoms with Gasteiger partial charge in [0.05, 0.1) is 24.8 Å². The summed E-state index contributed by atoms with van der Waals surface area (Å²) in [5.74, 6) is 1.69. The molecule has 0 unspecified atom stereocenters. The Balaban J connectivity index is 1.88. The standard InChI is InChI=1S/C16H24N2O3/c1-4-20-16(19)13-7-9-18(10-8-13)15-6-5-14(11-17-15)21-12(2)3/h5-6,11-13H,4,7-10H2,1-3H3. The fourth-order valence-electron chi connectivity index (χ4n) is 2.51. The van der Waals surface area contributed by atoms with E-state index in [1.807, 2.05) is 32.9 Å². The van der Waals surface area contributed by atoms with Crippen LogP contribution < -0.4 is 9.64 Å². The van der Waals surface area contributed by atoms with Crippen LogP contribution in [0.4, 0.5) is 5.82 Å². The van der Waals surface area contributed by atoms with Gasteiger partial charge in [-0.3, -0.25) is 4.79 Å². The van der Waals surface area contributed by atoms with Crippen molar-refractivity contribution < 1.29 is 14.3 Å². The van der Waals surface area contributed by atoms with E-state index in [1.54, 1.807) is 6.20 Å². The SMILES string of the molecule is CCOC(=O)C1CCN(c2ccc(OC(C)C)cn2)CC1. The van der Waals surface area contributed by atoms with Gasteiger partial charge >= 0.3 is 5.97 Å². The number of nitrogens with zero attached hydrogens (tertiary/aromatic N) is 2. The number of esters is 1. The van der Waals surface area contributed by atoms with E-state index < -0.39 is 0 Å². The van der Waals surface area contributed by atoms with E-state index in [4.69, 9.17) is 9.47 Å². The van der Waals surface area contributed by atoms with Crippen molar-refractivity contribution in [1.29, 1.82) is 0 Å². The van der Waals surface area contributed by atoms with Crippen LogP contribution in [0.15, 0.2) is 18.3 Å². The van der Waals surface area contributed by atoms with Crippen molar-refractivity contribution in [3.05, 3.63) is 18.3 Å². The summed E-state index contributed by atoms with van der Waals surface area (Å²) in [6, 6.07) is 3.92. The molecule has 0 atom stereocenters. The maximum atomic E-state index is 11.7. The molecule has 0 N–H and O–H groups in total.